The van der Waals surface area contributed by atoms with Gasteiger partial charge in [-0.15, -0.1) is 5.10 Å². The second-order valence-electron chi connectivity index (χ2n) is 3.83. The van der Waals surface area contributed by atoms with Gasteiger partial charge in [0.1, 0.15) is 5.60 Å². The zero-order valence-electron chi connectivity index (χ0n) is 8.97. The van der Waals surface area contributed by atoms with Crippen molar-refractivity contribution in [3.63, 3.8) is 0 Å². The molecule has 0 aliphatic carbocycles. The summed E-state index contributed by atoms with van der Waals surface area (Å²) in [6.45, 7) is 4.13. The second-order valence-corrected chi connectivity index (χ2v) is 3.83. The normalized spacial score (nSPS) is 11.4. The highest BCUT2D eigenvalue weighted by atomic mass is 16.3. The van der Waals surface area contributed by atoms with Crippen LogP contribution in [0.15, 0.2) is 12.4 Å². The van der Waals surface area contributed by atoms with Crippen LogP contribution in [0, 0.1) is 0 Å². The first-order chi connectivity index (χ1) is 7.00. The Morgan fingerprint density at radius 3 is 2.87 bits per heavy atom. The standard InChI is InChI=1S/C9H16N4O2/c1-9(2,15)8(14)10-4-3-6-13-7-5-11-12-13/h5,7,15H,3-4,6H2,1-2H3,(H,10,14). The number of hydrogen-bond donors (Lipinski definition) is 2. The van der Waals surface area contributed by atoms with Crippen molar-refractivity contribution < 1.29 is 9.90 Å². The van der Waals surface area contributed by atoms with Crippen molar-refractivity contribution >= 4 is 5.91 Å². The molecule has 84 valence electrons. The molecule has 0 bridgehead atoms. The van der Waals surface area contributed by atoms with Crippen LogP contribution in [0.2, 0.25) is 0 Å². The molecule has 0 aliphatic rings. The largest absolute Gasteiger partial charge is 0.381 e. The lowest BCUT2D eigenvalue weighted by atomic mass is 10.1. The summed E-state index contributed by atoms with van der Waals surface area (Å²) in [5.41, 5.74) is -1.31. The van der Waals surface area contributed by atoms with Gasteiger partial charge in [0.25, 0.3) is 5.91 Å². The second kappa shape index (κ2) is 4.88. The summed E-state index contributed by atoms with van der Waals surface area (Å²) in [5, 5.41) is 19.4. The van der Waals surface area contributed by atoms with Crippen LogP contribution in [-0.2, 0) is 11.3 Å². The lowest BCUT2D eigenvalue weighted by Gasteiger charge is -2.16. The third-order valence-electron chi connectivity index (χ3n) is 1.88. The van der Waals surface area contributed by atoms with Gasteiger partial charge in [-0.1, -0.05) is 5.21 Å². The minimum atomic E-state index is -1.31. The van der Waals surface area contributed by atoms with Crippen LogP contribution < -0.4 is 5.32 Å². The van der Waals surface area contributed by atoms with E-state index in [4.69, 9.17) is 0 Å². The Balaban J connectivity index is 2.15. The van der Waals surface area contributed by atoms with Gasteiger partial charge in [0.15, 0.2) is 0 Å². The number of hydrogen-bond acceptors (Lipinski definition) is 4. The number of carbonyl (C=O) groups excluding carboxylic acids is 1. The molecule has 6 heteroatoms. The van der Waals surface area contributed by atoms with Crippen LogP contribution in [0.5, 0.6) is 0 Å². The molecule has 0 fully saturated rings. The van der Waals surface area contributed by atoms with Crippen LogP contribution >= 0.6 is 0 Å². The summed E-state index contributed by atoms with van der Waals surface area (Å²) in [7, 11) is 0. The molecule has 0 saturated heterocycles. The number of nitrogens with one attached hydrogen (secondary N) is 1. The first-order valence-electron chi connectivity index (χ1n) is 4.85. The van der Waals surface area contributed by atoms with Crippen molar-refractivity contribution in [2.45, 2.75) is 32.4 Å². The molecule has 1 heterocycles. The molecule has 0 aromatic carbocycles. The van der Waals surface area contributed by atoms with E-state index in [9.17, 15) is 9.90 Å². The lowest BCUT2D eigenvalue weighted by molar-refractivity contribution is -0.136. The summed E-state index contributed by atoms with van der Waals surface area (Å²) in [6.07, 6.45) is 4.12. The van der Waals surface area contributed by atoms with Crippen LogP contribution in [-0.4, -0.2) is 38.2 Å². The number of aryl methyl sites for hydroxylation is 1. The highest BCUT2D eigenvalue weighted by molar-refractivity contribution is 5.83. The molecule has 1 aromatic rings. The van der Waals surface area contributed by atoms with Crippen molar-refractivity contribution in [1.82, 2.24) is 20.3 Å². The van der Waals surface area contributed by atoms with Gasteiger partial charge < -0.3 is 10.4 Å². The van der Waals surface area contributed by atoms with Gasteiger partial charge in [0.05, 0.1) is 6.20 Å². The van der Waals surface area contributed by atoms with Gasteiger partial charge in [-0.3, -0.25) is 9.48 Å². The molecule has 0 radical (unpaired) electrons. The smallest absolute Gasteiger partial charge is 0.251 e. The molecule has 0 aliphatic heterocycles. The third kappa shape index (κ3) is 4.07. The summed E-state index contributed by atoms with van der Waals surface area (Å²) >= 11 is 0. The number of nitrogens with zero attached hydrogens (tertiary/aromatic N) is 3. The van der Waals surface area contributed by atoms with Crippen molar-refractivity contribution in [2.24, 2.45) is 0 Å². The Bertz CT molecular complexity index is 302. The van der Waals surface area contributed by atoms with Crippen LogP contribution in [0.3, 0.4) is 0 Å². The van der Waals surface area contributed by atoms with Crippen molar-refractivity contribution in [2.75, 3.05) is 6.54 Å². The molecule has 0 spiro atoms. The quantitative estimate of drug-likeness (QED) is 0.648. The fourth-order valence-electron chi connectivity index (χ4n) is 1.01. The predicted molar refractivity (Wildman–Crippen MR) is 53.9 cm³/mol. The van der Waals surface area contributed by atoms with E-state index in [-0.39, 0.29) is 5.91 Å². The molecular weight excluding hydrogens is 196 g/mol. The highest BCUT2D eigenvalue weighted by Crippen LogP contribution is 1.99. The van der Waals surface area contributed by atoms with E-state index in [2.05, 4.69) is 15.6 Å². The zero-order valence-corrected chi connectivity index (χ0v) is 8.97. The van der Waals surface area contributed by atoms with Crippen LogP contribution in [0.1, 0.15) is 20.3 Å². The molecule has 0 atom stereocenters. The van der Waals surface area contributed by atoms with E-state index in [0.29, 0.717) is 13.1 Å². The maximum absolute atomic E-state index is 11.2. The number of rotatable bonds is 5. The van der Waals surface area contributed by atoms with E-state index in [0.717, 1.165) is 6.42 Å². The number of aliphatic hydroxyl groups is 1. The molecule has 1 aromatic heterocycles. The monoisotopic (exact) mass is 212 g/mol. The average molecular weight is 212 g/mol. The van der Waals surface area contributed by atoms with E-state index < -0.39 is 5.60 Å². The highest BCUT2D eigenvalue weighted by Gasteiger charge is 2.22. The van der Waals surface area contributed by atoms with E-state index >= 15 is 0 Å². The van der Waals surface area contributed by atoms with Gasteiger partial charge in [0, 0.05) is 19.3 Å². The Kier molecular flexibility index (Phi) is 3.79. The molecule has 2 N–H and O–H groups in total. The maximum Gasteiger partial charge on any atom is 0.251 e. The fraction of sp³-hybridized carbons (Fsp3) is 0.667. The van der Waals surface area contributed by atoms with E-state index in [1.165, 1.54) is 13.8 Å². The van der Waals surface area contributed by atoms with E-state index in [1.54, 1.807) is 17.1 Å². The minimum Gasteiger partial charge on any atom is -0.381 e. The number of carbonyl (C=O) groups is 1. The van der Waals surface area contributed by atoms with Crippen LogP contribution in [0.4, 0.5) is 0 Å². The molecule has 15 heavy (non-hydrogen) atoms. The summed E-state index contributed by atoms with van der Waals surface area (Å²) in [5.74, 6) is -0.360. The number of aromatic nitrogens is 3. The summed E-state index contributed by atoms with van der Waals surface area (Å²) in [6, 6.07) is 0. The van der Waals surface area contributed by atoms with Gasteiger partial charge in [-0.2, -0.15) is 0 Å². The molecule has 0 saturated carbocycles. The molecule has 6 nitrogen and oxygen atoms in total. The van der Waals surface area contributed by atoms with Crippen molar-refractivity contribution in [1.29, 1.82) is 0 Å². The zero-order chi connectivity index (χ0) is 11.3. The molecule has 0 unspecified atom stereocenters. The molecule has 1 amide bonds. The van der Waals surface area contributed by atoms with E-state index in [1.807, 2.05) is 0 Å². The Morgan fingerprint density at radius 1 is 1.60 bits per heavy atom. The predicted octanol–water partition coefficient (Wildman–Crippen LogP) is -0.445. The Morgan fingerprint density at radius 2 is 2.33 bits per heavy atom. The third-order valence-corrected chi connectivity index (χ3v) is 1.88. The lowest BCUT2D eigenvalue weighted by Crippen LogP contribution is -2.42. The Labute approximate surface area is 88.3 Å². The first kappa shape index (κ1) is 11.6. The van der Waals surface area contributed by atoms with Gasteiger partial charge in [-0.05, 0) is 20.3 Å². The summed E-state index contributed by atoms with van der Waals surface area (Å²) < 4.78 is 1.69. The van der Waals surface area contributed by atoms with Gasteiger partial charge in [0.2, 0.25) is 0 Å². The van der Waals surface area contributed by atoms with Crippen molar-refractivity contribution in [3.05, 3.63) is 12.4 Å². The Hall–Kier alpha value is -1.43. The fourth-order valence-corrected chi connectivity index (χ4v) is 1.01. The van der Waals surface area contributed by atoms with Crippen LogP contribution in [0.25, 0.3) is 0 Å². The maximum atomic E-state index is 11.2. The summed E-state index contributed by atoms with van der Waals surface area (Å²) in [4.78, 5) is 11.2. The average Bonchev–Trinajstić information content (AvgIpc) is 2.63. The van der Waals surface area contributed by atoms with Gasteiger partial charge in [-0.25, -0.2) is 0 Å². The number of amides is 1. The van der Waals surface area contributed by atoms with Crippen molar-refractivity contribution in [3.8, 4) is 0 Å². The SMILES string of the molecule is CC(C)(O)C(=O)NCCCn1ccnn1. The first-order valence-corrected chi connectivity index (χ1v) is 4.85. The molecular formula is C9H16N4O2. The molecule has 1 rings (SSSR count). The minimum absolute atomic E-state index is 0.360. The van der Waals surface area contributed by atoms with Gasteiger partial charge >= 0.3 is 0 Å². The topological polar surface area (TPSA) is 80.0 Å².